The van der Waals surface area contributed by atoms with Gasteiger partial charge in [-0.05, 0) is 49.2 Å². The first kappa shape index (κ1) is 18.4. The molecule has 0 aliphatic heterocycles. The van der Waals surface area contributed by atoms with Crippen LogP contribution in [0.1, 0.15) is 27.2 Å². The lowest BCUT2D eigenvalue weighted by atomic mass is 10.1. The second-order valence-electron chi connectivity index (χ2n) is 6.26. The van der Waals surface area contributed by atoms with Crippen molar-refractivity contribution in [2.24, 2.45) is 0 Å². The van der Waals surface area contributed by atoms with Gasteiger partial charge in [0.25, 0.3) is 5.91 Å². The fourth-order valence-corrected chi connectivity index (χ4v) is 2.84. The van der Waals surface area contributed by atoms with Gasteiger partial charge in [0, 0.05) is 24.0 Å². The van der Waals surface area contributed by atoms with Crippen LogP contribution in [-0.2, 0) is 6.54 Å². The summed E-state index contributed by atoms with van der Waals surface area (Å²) in [5.41, 5.74) is 4.37. The third-order valence-electron chi connectivity index (χ3n) is 4.00. The summed E-state index contributed by atoms with van der Waals surface area (Å²) < 4.78 is 5.30. The summed E-state index contributed by atoms with van der Waals surface area (Å²) >= 11 is 0. The van der Waals surface area contributed by atoms with E-state index in [0.29, 0.717) is 18.2 Å². The quantitative estimate of drug-likeness (QED) is 0.698. The Balaban J connectivity index is 1.70. The normalized spacial score (nSPS) is 10.3. The summed E-state index contributed by atoms with van der Waals surface area (Å²) in [4.78, 5) is 21.0. The lowest BCUT2D eigenvalue weighted by Gasteiger charge is -2.10. The van der Waals surface area contributed by atoms with Gasteiger partial charge in [-0.3, -0.25) is 4.79 Å². The van der Waals surface area contributed by atoms with Crippen LogP contribution in [-0.4, -0.2) is 23.0 Å². The predicted octanol–water partition coefficient (Wildman–Crippen LogP) is 3.78. The van der Waals surface area contributed by atoms with Crippen molar-refractivity contribution in [3.8, 4) is 5.75 Å². The minimum Gasteiger partial charge on any atom is -0.496 e. The second kappa shape index (κ2) is 8.31. The standard InChI is InChI=1S/C21H22N4O2/c1-14-10-15(2)12-17(11-14)24-21-22-9-8-18(25-21)20(26)23-13-16-6-4-5-7-19(16)27-3/h4-12H,13H2,1-3H3,(H,23,26)(H,22,24,25). The number of anilines is 2. The molecule has 0 unspecified atom stereocenters. The van der Waals surface area contributed by atoms with Crippen LogP contribution in [0.5, 0.6) is 5.75 Å². The Morgan fingerprint density at radius 1 is 1.07 bits per heavy atom. The molecule has 3 aromatic rings. The molecule has 0 aliphatic carbocycles. The van der Waals surface area contributed by atoms with Crippen LogP contribution in [0.15, 0.2) is 54.7 Å². The van der Waals surface area contributed by atoms with E-state index in [1.165, 1.54) is 0 Å². The van der Waals surface area contributed by atoms with Gasteiger partial charge < -0.3 is 15.4 Å². The van der Waals surface area contributed by atoms with Crippen LogP contribution in [0.25, 0.3) is 0 Å². The SMILES string of the molecule is COc1ccccc1CNC(=O)c1ccnc(Nc2cc(C)cc(C)c2)n1. The van der Waals surface area contributed by atoms with Crippen LogP contribution in [0.2, 0.25) is 0 Å². The van der Waals surface area contributed by atoms with Crippen LogP contribution in [0.4, 0.5) is 11.6 Å². The van der Waals surface area contributed by atoms with Gasteiger partial charge in [0.15, 0.2) is 0 Å². The minimum atomic E-state index is -0.272. The van der Waals surface area contributed by atoms with E-state index in [1.54, 1.807) is 19.4 Å². The van der Waals surface area contributed by atoms with E-state index in [-0.39, 0.29) is 5.91 Å². The number of rotatable bonds is 6. The van der Waals surface area contributed by atoms with E-state index in [1.807, 2.05) is 50.2 Å². The average molecular weight is 362 g/mol. The van der Waals surface area contributed by atoms with Gasteiger partial charge in [-0.25, -0.2) is 9.97 Å². The van der Waals surface area contributed by atoms with Gasteiger partial charge in [-0.1, -0.05) is 24.3 Å². The molecule has 1 amide bonds. The van der Waals surface area contributed by atoms with E-state index >= 15 is 0 Å². The van der Waals surface area contributed by atoms with Gasteiger partial charge in [0.05, 0.1) is 7.11 Å². The van der Waals surface area contributed by atoms with Gasteiger partial charge >= 0.3 is 0 Å². The van der Waals surface area contributed by atoms with Crippen molar-refractivity contribution in [2.45, 2.75) is 20.4 Å². The Morgan fingerprint density at radius 3 is 2.56 bits per heavy atom. The lowest BCUT2D eigenvalue weighted by molar-refractivity contribution is 0.0945. The summed E-state index contributed by atoms with van der Waals surface area (Å²) in [6.45, 7) is 4.41. The molecule has 1 heterocycles. The number of para-hydroxylation sites is 1. The Labute approximate surface area is 158 Å². The summed E-state index contributed by atoms with van der Waals surface area (Å²) in [7, 11) is 1.61. The molecule has 0 radical (unpaired) electrons. The molecular weight excluding hydrogens is 340 g/mol. The number of aryl methyl sites for hydroxylation is 2. The highest BCUT2D eigenvalue weighted by molar-refractivity contribution is 5.92. The molecule has 6 heteroatoms. The molecule has 0 fully saturated rings. The van der Waals surface area contributed by atoms with Crippen molar-refractivity contribution < 1.29 is 9.53 Å². The fourth-order valence-electron chi connectivity index (χ4n) is 2.84. The Hall–Kier alpha value is -3.41. The number of hydrogen-bond donors (Lipinski definition) is 2. The van der Waals surface area contributed by atoms with Crippen molar-refractivity contribution in [1.82, 2.24) is 15.3 Å². The molecule has 6 nitrogen and oxygen atoms in total. The average Bonchev–Trinajstić information content (AvgIpc) is 2.65. The van der Waals surface area contributed by atoms with Crippen molar-refractivity contribution >= 4 is 17.5 Å². The molecule has 2 aromatic carbocycles. The Kier molecular flexibility index (Phi) is 5.66. The zero-order chi connectivity index (χ0) is 19.2. The van der Waals surface area contributed by atoms with E-state index in [2.05, 4.69) is 26.7 Å². The zero-order valence-corrected chi connectivity index (χ0v) is 15.6. The number of benzene rings is 2. The first-order valence-corrected chi connectivity index (χ1v) is 8.63. The first-order valence-electron chi connectivity index (χ1n) is 8.63. The third kappa shape index (κ3) is 4.82. The number of nitrogens with one attached hydrogen (secondary N) is 2. The smallest absolute Gasteiger partial charge is 0.270 e. The summed E-state index contributed by atoms with van der Waals surface area (Å²) in [6.07, 6.45) is 1.57. The molecule has 27 heavy (non-hydrogen) atoms. The zero-order valence-electron chi connectivity index (χ0n) is 15.6. The number of aromatic nitrogens is 2. The molecule has 1 aromatic heterocycles. The molecule has 0 saturated carbocycles. The number of ether oxygens (including phenoxy) is 1. The van der Waals surface area contributed by atoms with Crippen LogP contribution < -0.4 is 15.4 Å². The van der Waals surface area contributed by atoms with Crippen LogP contribution in [0.3, 0.4) is 0 Å². The van der Waals surface area contributed by atoms with Gasteiger partial charge in [0.1, 0.15) is 11.4 Å². The Morgan fingerprint density at radius 2 is 1.81 bits per heavy atom. The maximum atomic E-state index is 12.5. The van der Waals surface area contributed by atoms with E-state index in [4.69, 9.17) is 4.74 Å². The number of nitrogens with zero attached hydrogens (tertiary/aromatic N) is 2. The van der Waals surface area contributed by atoms with Crippen LogP contribution in [0, 0.1) is 13.8 Å². The highest BCUT2D eigenvalue weighted by Crippen LogP contribution is 2.18. The third-order valence-corrected chi connectivity index (χ3v) is 4.00. The largest absolute Gasteiger partial charge is 0.496 e. The summed E-state index contributed by atoms with van der Waals surface area (Å²) in [5.74, 6) is 0.842. The lowest BCUT2D eigenvalue weighted by Crippen LogP contribution is -2.24. The molecule has 138 valence electrons. The van der Waals surface area contributed by atoms with Crippen molar-refractivity contribution in [1.29, 1.82) is 0 Å². The molecule has 0 spiro atoms. The van der Waals surface area contributed by atoms with E-state index in [9.17, 15) is 4.79 Å². The molecule has 0 bridgehead atoms. The molecular formula is C21H22N4O2. The first-order chi connectivity index (χ1) is 13.0. The maximum Gasteiger partial charge on any atom is 0.270 e. The number of hydrogen-bond acceptors (Lipinski definition) is 5. The van der Waals surface area contributed by atoms with E-state index < -0.39 is 0 Å². The molecule has 2 N–H and O–H groups in total. The molecule has 0 aliphatic rings. The maximum absolute atomic E-state index is 12.5. The van der Waals surface area contributed by atoms with E-state index in [0.717, 1.165) is 28.1 Å². The predicted molar refractivity (Wildman–Crippen MR) is 105 cm³/mol. The van der Waals surface area contributed by atoms with Gasteiger partial charge in [-0.2, -0.15) is 0 Å². The number of amides is 1. The minimum absolute atomic E-state index is 0.272. The monoisotopic (exact) mass is 362 g/mol. The number of methoxy groups -OCH3 is 1. The second-order valence-corrected chi connectivity index (χ2v) is 6.26. The molecule has 3 rings (SSSR count). The van der Waals surface area contributed by atoms with Gasteiger partial charge in [-0.15, -0.1) is 0 Å². The Bertz CT molecular complexity index is 936. The topological polar surface area (TPSA) is 76.1 Å². The fraction of sp³-hybridized carbons (Fsp3) is 0.190. The summed E-state index contributed by atoms with van der Waals surface area (Å²) in [5, 5.41) is 6.01. The highest BCUT2D eigenvalue weighted by atomic mass is 16.5. The molecule has 0 saturated heterocycles. The van der Waals surface area contributed by atoms with Crippen LogP contribution >= 0.6 is 0 Å². The number of carbonyl (C=O) groups excluding carboxylic acids is 1. The van der Waals surface area contributed by atoms with Crippen molar-refractivity contribution in [3.05, 3.63) is 77.1 Å². The van der Waals surface area contributed by atoms with Crippen molar-refractivity contribution in [3.63, 3.8) is 0 Å². The molecule has 0 atom stereocenters. The summed E-state index contributed by atoms with van der Waals surface area (Å²) in [6, 6.07) is 15.2. The van der Waals surface area contributed by atoms with Crippen molar-refractivity contribution in [2.75, 3.05) is 12.4 Å². The number of carbonyl (C=O) groups is 1. The van der Waals surface area contributed by atoms with Gasteiger partial charge in [0.2, 0.25) is 5.95 Å². The highest BCUT2D eigenvalue weighted by Gasteiger charge is 2.10.